The second kappa shape index (κ2) is 22.4. The predicted molar refractivity (Wildman–Crippen MR) is 226 cm³/mol. The van der Waals surface area contributed by atoms with Crippen molar-refractivity contribution in [1.82, 2.24) is 15.0 Å². The van der Waals surface area contributed by atoms with Crippen molar-refractivity contribution in [2.45, 2.75) is 170 Å². The zero-order valence-electron chi connectivity index (χ0n) is 33.9. The minimum Gasteiger partial charge on any atom is -0.324 e. The Labute approximate surface area is 317 Å². The fourth-order valence-corrected chi connectivity index (χ4v) is 7.21. The lowest BCUT2D eigenvalue weighted by Gasteiger charge is -2.19. The van der Waals surface area contributed by atoms with Crippen LogP contribution in [0.25, 0.3) is 11.4 Å². The summed E-state index contributed by atoms with van der Waals surface area (Å²) in [6, 6.07) is 18.1. The minimum absolute atomic E-state index is 0.577. The van der Waals surface area contributed by atoms with E-state index in [1.54, 1.807) is 11.1 Å². The van der Waals surface area contributed by atoms with Crippen LogP contribution in [0, 0.1) is 0 Å². The molecule has 0 spiro atoms. The maximum absolute atomic E-state index is 5.05. The third kappa shape index (κ3) is 12.2. The summed E-state index contributed by atoms with van der Waals surface area (Å²) in [4.78, 5) is 15.1. The van der Waals surface area contributed by atoms with Gasteiger partial charge in [0.25, 0.3) is 0 Å². The molecule has 1 aromatic heterocycles. The molecule has 1 heterocycles. The van der Waals surface area contributed by atoms with Gasteiger partial charge in [0.2, 0.25) is 11.9 Å². The topological polar surface area (TPSA) is 62.7 Å². The van der Waals surface area contributed by atoms with E-state index >= 15 is 0 Å². The van der Waals surface area contributed by atoms with E-state index in [0.29, 0.717) is 17.7 Å². The van der Waals surface area contributed by atoms with Crippen LogP contribution in [0.1, 0.15) is 164 Å². The van der Waals surface area contributed by atoms with Crippen LogP contribution >= 0.6 is 0 Å². The second-order valence-corrected chi connectivity index (χ2v) is 14.8. The highest BCUT2D eigenvalue weighted by molar-refractivity contribution is 5.66. The van der Waals surface area contributed by atoms with Gasteiger partial charge in [0.05, 0.1) is 0 Å². The summed E-state index contributed by atoms with van der Waals surface area (Å²) >= 11 is 0. The summed E-state index contributed by atoms with van der Waals surface area (Å²) in [7, 11) is 0. The number of hydrogen-bond donors (Lipinski definition) is 2. The molecule has 5 heteroatoms. The average molecular weight is 704 g/mol. The summed E-state index contributed by atoms with van der Waals surface area (Å²) in [5.41, 5.74) is 13.5. The molecular formula is C47H69N5. The van der Waals surface area contributed by atoms with E-state index in [0.717, 1.165) is 61.9 Å². The van der Waals surface area contributed by atoms with Crippen LogP contribution in [0.4, 0.5) is 23.3 Å². The van der Waals surface area contributed by atoms with Gasteiger partial charge < -0.3 is 10.6 Å². The van der Waals surface area contributed by atoms with Crippen molar-refractivity contribution in [3.63, 3.8) is 0 Å². The number of hydrogen-bond acceptors (Lipinski definition) is 5. The maximum Gasteiger partial charge on any atom is 0.232 e. The lowest BCUT2D eigenvalue weighted by atomic mass is 9.90. The third-order valence-electron chi connectivity index (χ3n) is 10.4. The molecule has 4 aromatic rings. The highest BCUT2D eigenvalue weighted by Gasteiger charge is 2.16. The first-order valence-corrected chi connectivity index (χ1v) is 21.1. The maximum atomic E-state index is 5.05. The number of anilines is 4. The van der Waals surface area contributed by atoms with Gasteiger partial charge in [-0.2, -0.15) is 15.0 Å². The zero-order valence-corrected chi connectivity index (χ0v) is 33.9. The van der Waals surface area contributed by atoms with Crippen molar-refractivity contribution in [1.29, 1.82) is 0 Å². The van der Waals surface area contributed by atoms with E-state index < -0.39 is 0 Å². The first-order valence-electron chi connectivity index (χ1n) is 21.1. The highest BCUT2D eigenvalue weighted by Crippen LogP contribution is 2.31. The van der Waals surface area contributed by atoms with Gasteiger partial charge in [-0.1, -0.05) is 111 Å². The van der Waals surface area contributed by atoms with Crippen LogP contribution in [0.3, 0.4) is 0 Å². The molecule has 0 amide bonds. The summed E-state index contributed by atoms with van der Waals surface area (Å²) in [6.07, 6.45) is 22.2. The molecule has 0 unspecified atom stereocenters. The molecule has 5 nitrogen and oxygen atoms in total. The molecule has 0 radical (unpaired) electrons. The number of aryl methyl sites for hydroxylation is 5. The summed E-state index contributed by atoms with van der Waals surface area (Å²) in [6.45, 7) is 15.9. The van der Waals surface area contributed by atoms with Gasteiger partial charge in [-0.3, -0.25) is 0 Å². The van der Waals surface area contributed by atoms with E-state index in [1.807, 2.05) is 0 Å². The Morgan fingerprint density at radius 1 is 0.423 bits per heavy atom. The van der Waals surface area contributed by atoms with Gasteiger partial charge >= 0.3 is 0 Å². The van der Waals surface area contributed by atoms with E-state index in [1.165, 1.54) is 105 Å². The van der Waals surface area contributed by atoms with E-state index in [-0.39, 0.29) is 0 Å². The van der Waals surface area contributed by atoms with Gasteiger partial charge in [-0.25, -0.2) is 0 Å². The largest absolute Gasteiger partial charge is 0.324 e. The number of nitrogens with zero attached hydrogens (tertiary/aromatic N) is 3. The predicted octanol–water partition coefficient (Wildman–Crippen LogP) is 13.6. The average Bonchev–Trinajstić information content (AvgIpc) is 3.16. The molecule has 52 heavy (non-hydrogen) atoms. The summed E-state index contributed by atoms with van der Waals surface area (Å²) in [5, 5.41) is 7.38. The van der Waals surface area contributed by atoms with Crippen LogP contribution in [0.2, 0.25) is 0 Å². The van der Waals surface area contributed by atoms with E-state index in [4.69, 9.17) is 15.0 Å². The van der Waals surface area contributed by atoms with Gasteiger partial charge in [0, 0.05) is 16.9 Å². The molecule has 2 N–H and O–H groups in total. The SMILES string of the molecule is CCCCc1cc(Nc2nc(Nc3cc(CCCC)c(CCCC)c(CCCC)c3)nc(-c3ccc(CC)cc3)n2)cc(CCCC)c1CCCC. The molecule has 3 aromatic carbocycles. The van der Waals surface area contributed by atoms with Crippen LogP contribution in [-0.2, 0) is 44.9 Å². The van der Waals surface area contributed by atoms with Crippen molar-refractivity contribution >= 4 is 23.3 Å². The van der Waals surface area contributed by atoms with Gasteiger partial charge in [-0.05, 0) is 147 Å². The van der Waals surface area contributed by atoms with Crippen molar-refractivity contribution in [3.8, 4) is 11.4 Å². The highest BCUT2D eigenvalue weighted by atomic mass is 15.2. The Hall–Kier alpha value is -3.73. The smallest absolute Gasteiger partial charge is 0.232 e. The Kier molecular flexibility index (Phi) is 17.6. The Balaban J connectivity index is 1.81. The van der Waals surface area contributed by atoms with Crippen LogP contribution in [0.15, 0.2) is 48.5 Å². The molecule has 0 saturated carbocycles. The second-order valence-electron chi connectivity index (χ2n) is 14.8. The molecule has 0 atom stereocenters. The first kappa shape index (κ1) is 41.0. The lowest BCUT2D eigenvalue weighted by molar-refractivity contribution is 0.735. The molecule has 0 saturated heterocycles. The van der Waals surface area contributed by atoms with Gasteiger partial charge in [0.15, 0.2) is 5.82 Å². The molecule has 0 aliphatic heterocycles. The van der Waals surface area contributed by atoms with Crippen LogP contribution in [-0.4, -0.2) is 15.0 Å². The molecule has 0 aliphatic carbocycles. The number of aromatic nitrogens is 3. The van der Waals surface area contributed by atoms with E-state index in [2.05, 4.69) is 108 Å². The quantitative estimate of drug-likeness (QED) is 0.0760. The van der Waals surface area contributed by atoms with Crippen molar-refractivity contribution in [2.75, 3.05) is 10.6 Å². The molecular weight excluding hydrogens is 635 g/mol. The Morgan fingerprint density at radius 2 is 0.769 bits per heavy atom. The van der Waals surface area contributed by atoms with Crippen molar-refractivity contribution in [2.24, 2.45) is 0 Å². The van der Waals surface area contributed by atoms with Crippen molar-refractivity contribution < 1.29 is 0 Å². The van der Waals surface area contributed by atoms with Crippen molar-refractivity contribution in [3.05, 3.63) is 87.5 Å². The number of unbranched alkanes of at least 4 members (excludes halogenated alkanes) is 6. The standard InChI is InChI=1S/C47H69N5/c1-8-15-21-37-31-41(32-38(22-16-9-2)43(37)25-19-12-5)48-46-50-45(36-29-27-35(14-7)28-30-36)51-47(52-46)49-42-33-39(23-17-10-3)44(26-20-13-6)40(34-42)24-18-11-4/h27-34H,8-26H2,1-7H3,(H2,48,49,50,51,52). The van der Waals surface area contributed by atoms with E-state index in [9.17, 15) is 0 Å². The first-order chi connectivity index (χ1) is 25.5. The van der Waals surface area contributed by atoms with Crippen LogP contribution < -0.4 is 10.6 Å². The molecule has 0 bridgehead atoms. The fraction of sp³-hybridized carbons (Fsp3) is 0.553. The van der Waals surface area contributed by atoms with Crippen LogP contribution in [0.5, 0.6) is 0 Å². The fourth-order valence-electron chi connectivity index (χ4n) is 7.21. The van der Waals surface area contributed by atoms with Gasteiger partial charge in [0.1, 0.15) is 0 Å². The molecule has 0 fully saturated rings. The third-order valence-corrected chi connectivity index (χ3v) is 10.4. The minimum atomic E-state index is 0.577. The number of rotatable bonds is 24. The monoisotopic (exact) mass is 704 g/mol. The number of nitrogens with one attached hydrogen (secondary N) is 2. The lowest BCUT2D eigenvalue weighted by Crippen LogP contribution is -2.09. The van der Waals surface area contributed by atoms with Gasteiger partial charge in [-0.15, -0.1) is 0 Å². The molecule has 282 valence electrons. The molecule has 4 rings (SSSR count). The summed E-state index contributed by atoms with van der Waals surface area (Å²) < 4.78 is 0. The zero-order chi connectivity index (χ0) is 37.1. The number of benzene rings is 3. The summed E-state index contributed by atoms with van der Waals surface area (Å²) in [5.74, 6) is 1.83. The Morgan fingerprint density at radius 3 is 1.10 bits per heavy atom. The normalized spacial score (nSPS) is 11.3. The Bertz CT molecular complexity index is 1490. The molecule has 0 aliphatic rings.